The Hall–Kier alpha value is -0.960. The molecule has 0 bridgehead atoms. The van der Waals surface area contributed by atoms with Crippen molar-refractivity contribution in [3.05, 3.63) is 29.8 Å². The molecule has 0 fully saturated rings. The van der Waals surface area contributed by atoms with E-state index < -0.39 is 0 Å². The van der Waals surface area contributed by atoms with Gasteiger partial charge in [-0.3, -0.25) is 4.98 Å². The van der Waals surface area contributed by atoms with Gasteiger partial charge in [0.15, 0.2) is 0 Å². The van der Waals surface area contributed by atoms with Gasteiger partial charge in [-0.2, -0.15) is 0 Å². The second kappa shape index (κ2) is 6.51. The fourth-order valence-electron chi connectivity index (χ4n) is 1.48. The van der Waals surface area contributed by atoms with Crippen molar-refractivity contribution in [2.24, 2.45) is 0 Å². The maximum Gasteiger partial charge on any atom is 0.141 e. The van der Waals surface area contributed by atoms with E-state index in [1.807, 2.05) is 6.92 Å². The summed E-state index contributed by atoms with van der Waals surface area (Å²) in [6, 6.07) is 1.70. The minimum absolute atomic E-state index is 0.171. The number of hydrogen-bond acceptors (Lipinski definition) is 2. The van der Waals surface area contributed by atoms with E-state index in [2.05, 4.69) is 17.2 Å². The summed E-state index contributed by atoms with van der Waals surface area (Å²) < 4.78 is 12.9. The summed E-state index contributed by atoms with van der Waals surface area (Å²) in [5.41, 5.74) is 0.909. The van der Waals surface area contributed by atoms with Gasteiger partial charge in [-0.25, -0.2) is 4.39 Å². The minimum atomic E-state index is -0.269. The number of pyridine rings is 1. The number of hydrogen-bond donors (Lipinski definition) is 1. The van der Waals surface area contributed by atoms with E-state index in [1.54, 1.807) is 6.20 Å². The van der Waals surface area contributed by atoms with Crippen molar-refractivity contribution in [3.63, 3.8) is 0 Å². The Morgan fingerprint density at radius 3 is 2.87 bits per heavy atom. The van der Waals surface area contributed by atoms with Crippen molar-refractivity contribution in [3.8, 4) is 0 Å². The first kappa shape index (κ1) is 12.1. The molecular weight excluding hydrogens is 191 g/mol. The van der Waals surface area contributed by atoms with Gasteiger partial charge < -0.3 is 5.32 Å². The van der Waals surface area contributed by atoms with E-state index in [9.17, 15) is 4.39 Å². The third kappa shape index (κ3) is 4.38. The highest BCUT2D eigenvalue weighted by molar-refractivity contribution is 5.13. The summed E-state index contributed by atoms with van der Waals surface area (Å²) in [7, 11) is 0. The third-order valence-electron chi connectivity index (χ3n) is 2.46. The molecule has 2 nitrogen and oxygen atoms in total. The van der Waals surface area contributed by atoms with Gasteiger partial charge >= 0.3 is 0 Å². The average Bonchev–Trinajstić information content (AvgIpc) is 2.24. The molecule has 84 valence electrons. The van der Waals surface area contributed by atoms with Gasteiger partial charge in [0.05, 0.1) is 6.20 Å². The normalized spacial score (nSPS) is 12.7. The van der Waals surface area contributed by atoms with Crippen molar-refractivity contribution in [1.29, 1.82) is 0 Å². The topological polar surface area (TPSA) is 24.9 Å². The SMILES string of the molecule is CCCCCNC(C)c1cncc(F)c1. The number of rotatable bonds is 6. The van der Waals surface area contributed by atoms with Crippen molar-refractivity contribution in [2.45, 2.75) is 39.2 Å². The Morgan fingerprint density at radius 2 is 2.20 bits per heavy atom. The van der Waals surface area contributed by atoms with Crippen molar-refractivity contribution in [1.82, 2.24) is 10.3 Å². The molecule has 0 saturated carbocycles. The van der Waals surface area contributed by atoms with E-state index in [1.165, 1.54) is 31.5 Å². The Labute approximate surface area is 90.9 Å². The molecule has 0 aromatic carbocycles. The fourth-order valence-corrected chi connectivity index (χ4v) is 1.48. The molecule has 1 N–H and O–H groups in total. The van der Waals surface area contributed by atoms with Crippen LogP contribution in [0.15, 0.2) is 18.5 Å². The minimum Gasteiger partial charge on any atom is -0.310 e. The van der Waals surface area contributed by atoms with Crippen molar-refractivity contribution < 1.29 is 4.39 Å². The fraction of sp³-hybridized carbons (Fsp3) is 0.583. The number of nitrogens with one attached hydrogen (secondary N) is 1. The van der Waals surface area contributed by atoms with Gasteiger partial charge in [-0.15, -0.1) is 0 Å². The van der Waals surface area contributed by atoms with Crippen LogP contribution in [0.3, 0.4) is 0 Å². The molecule has 0 radical (unpaired) electrons. The van der Waals surface area contributed by atoms with Crippen molar-refractivity contribution in [2.75, 3.05) is 6.54 Å². The lowest BCUT2D eigenvalue weighted by molar-refractivity contribution is 0.537. The Bertz CT molecular complexity index is 289. The number of unbranched alkanes of at least 4 members (excludes halogenated alkanes) is 2. The van der Waals surface area contributed by atoms with Gasteiger partial charge in [0.1, 0.15) is 5.82 Å². The third-order valence-corrected chi connectivity index (χ3v) is 2.46. The Balaban J connectivity index is 2.36. The van der Waals surface area contributed by atoms with Crippen LogP contribution in [-0.4, -0.2) is 11.5 Å². The molecule has 1 unspecified atom stereocenters. The van der Waals surface area contributed by atoms with Crippen LogP contribution in [0.2, 0.25) is 0 Å². The van der Waals surface area contributed by atoms with Gasteiger partial charge in [-0.05, 0) is 31.5 Å². The molecule has 15 heavy (non-hydrogen) atoms. The molecule has 3 heteroatoms. The van der Waals surface area contributed by atoms with Crippen LogP contribution in [0, 0.1) is 5.82 Å². The van der Waals surface area contributed by atoms with E-state index in [0.29, 0.717) is 0 Å². The maximum absolute atomic E-state index is 12.9. The van der Waals surface area contributed by atoms with Crippen molar-refractivity contribution >= 4 is 0 Å². The van der Waals surface area contributed by atoms with E-state index in [4.69, 9.17) is 0 Å². The van der Waals surface area contributed by atoms with Crippen LogP contribution in [-0.2, 0) is 0 Å². The highest BCUT2D eigenvalue weighted by atomic mass is 19.1. The standard InChI is InChI=1S/C12H19FN2/c1-3-4-5-6-15-10(2)11-7-12(13)9-14-8-11/h7-10,15H,3-6H2,1-2H3. The summed E-state index contributed by atoms with van der Waals surface area (Å²) in [6.07, 6.45) is 6.57. The second-order valence-corrected chi connectivity index (χ2v) is 3.82. The van der Waals surface area contributed by atoms with E-state index >= 15 is 0 Å². The first-order valence-electron chi connectivity index (χ1n) is 5.58. The summed E-state index contributed by atoms with van der Waals surface area (Å²) in [5, 5.41) is 3.35. The molecule has 1 aromatic rings. The quantitative estimate of drug-likeness (QED) is 0.730. The summed E-state index contributed by atoms with van der Waals surface area (Å²) >= 11 is 0. The summed E-state index contributed by atoms with van der Waals surface area (Å²) in [6.45, 7) is 5.19. The lowest BCUT2D eigenvalue weighted by atomic mass is 10.1. The van der Waals surface area contributed by atoms with Crippen LogP contribution in [0.25, 0.3) is 0 Å². The lowest BCUT2D eigenvalue weighted by Crippen LogP contribution is -2.20. The molecule has 1 rings (SSSR count). The monoisotopic (exact) mass is 210 g/mol. The molecule has 1 aromatic heterocycles. The van der Waals surface area contributed by atoms with Gasteiger partial charge in [0.2, 0.25) is 0 Å². The predicted octanol–water partition coefficient (Wildman–Crippen LogP) is 3.06. The highest BCUT2D eigenvalue weighted by Gasteiger charge is 2.05. The van der Waals surface area contributed by atoms with Crippen LogP contribution < -0.4 is 5.32 Å². The maximum atomic E-state index is 12.9. The van der Waals surface area contributed by atoms with Crippen LogP contribution in [0.1, 0.15) is 44.7 Å². The first-order chi connectivity index (χ1) is 7.24. The Kier molecular flexibility index (Phi) is 5.26. The van der Waals surface area contributed by atoms with Gasteiger partial charge in [0, 0.05) is 12.2 Å². The molecule has 0 spiro atoms. The number of aromatic nitrogens is 1. The zero-order valence-electron chi connectivity index (χ0n) is 9.46. The number of nitrogens with zero attached hydrogens (tertiary/aromatic N) is 1. The average molecular weight is 210 g/mol. The highest BCUT2D eigenvalue weighted by Crippen LogP contribution is 2.11. The van der Waals surface area contributed by atoms with Crippen LogP contribution >= 0.6 is 0 Å². The lowest BCUT2D eigenvalue weighted by Gasteiger charge is -2.13. The van der Waals surface area contributed by atoms with Crippen LogP contribution in [0.5, 0.6) is 0 Å². The largest absolute Gasteiger partial charge is 0.310 e. The molecular formula is C12H19FN2. The van der Waals surface area contributed by atoms with Crippen LogP contribution in [0.4, 0.5) is 4.39 Å². The summed E-state index contributed by atoms with van der Waals surface area (Å²) in [4.78, 5) is 3.83. The molecule has 0 aliphatic rings. The molecule has 0 aliphatic carbocycles. The van der Waals surface area contributed by atoms with E-state index in [-0.39, 0.29) is 11.9 Å². The summed E-state index contributed by atoms with van der Waals surface area (Å²) in [5.74, 6) is -0.269. The molecule has 0 saturated heterocycles. The predicted molar refractivity (Wildman–Crippen MR) is 60.1 cm³/mol. The van der Waals surface area contributed by atoms with E-state index in [0.717, 1.165) is 12.1 Å². The zero-order valence-corrected chi connectivity index (χ0v) is 9.46. The van der Waals surface area contributed by atoms with Gasteiger partial charge in [-0.1, -0.05) is 19.8 Å². The molecule has 1 heterocycles. The molecule has 0 amide bonds. The van der Waals surface area contributed by atoms with Gasteiger partial charge in [0.25, 0.3) is 0 Å². The smallest absolute Gasteiger partial charge is 0.141 e. The first-order valence-corrected chi connectivity index (χ1v) is 5.58. The molecule has 0 aliphatic heterocycles. The second-order valence-electron chi connectivity index (χ2n) is 3.82. The number of halogens is 1. The molecule has 1 atom stereocenters. The zero-order chi connectivity index (χ0) is 11.1. The Morgan fingerprint density at radius 1 is 1.40 bits per heavy atom.